The van der Waals surface area contributed by atoms with E-state index in [2.05, 4.69) is 33.8 Å². The van der Waals surface area contributed by atoms with Crippen LogP contribution in [0, 0.1) is 11.3 Å². The first-order chi connectivity index (χ1) is 11.3. The largest absolute Gasteiger partial charge is 0.408 e. The molecule has 2 heterocycles. The van der Waals surface area contributed by atoms with Crippen molar-refractivity contribution in [1.29, 1.82) is 5.26 Å². The van der Waals surface area contributed by atoms with E-state index in [0.717, 1.165) is 35.9 Å². The molecular formula is C17H20N4OS. The van der Waals surface area contributed by atoms with E-state index in [1.54, 1.807) is 17.8 Å². The zero-order chi connectivity index (χ0) is 16.2. The molecule has 0 saturated carbocycles. The number of nitrogens with one attached hydrogen (secondary N) is 1. The highest BCUT2D eigenvalue weighted by atomic mass is 32.2. The molecule has 5 nitrogen and oxygen atoms in total. The van der Waals surface area contributed by atoms with Crippen molar-refractivity contribution in [2.75, 3.05) is 19.8 Å². The minimum atomic E-state index is 0.127. The zero-order valence-electron chi connectivity index (χ0n) is 13.3. The minimum absolute atomic E-state index is 0.127. The number of hydrogen-bond acceptors (Lipinski definition) is 5. The number of aliphatic imine (C=N–C) groups is 1. The fourth-order valence-electron chi connectivity index (χ4n) is 3.19. The van der Waals surface area contributed by atoms with Crippen LogP contribution in [0.3, 0.4) is 0 Å². The van der Waals surface area contributed by atoms with Crippen LogP contribution >= 0.6 is 11.8 Å². The van der Waals surface area contributed by atoms with E-state index in [4.69, 9.17) is 10.1 Å². The molecule has 1 unspecified atom stereocenters. The van der Waals surface area contributed by atoms with Crippen LogP contribution in [0.2, 0.25) is 0 Å². The van der Waals surface area contributed by atoms with Crippen molar-refractivity contribution in [2.45, 2.75) is 24.9 Å². The van der Waals surface area contributed by atoms with Gasteiger partial charge in [-0.2, -0.15) is 5.26 Å². The second-order valence-corrected chi connectivity index (χ2v) is 6.36. The lowest BCUT2D eigenvalue weighted by Crippen LogP contribution is -2.45. The maximum atomic E-state index is 9.03. The zero-order valence-corrected chi connectivity index (χ0v) is 14.1. The standard InChI is InChI=1S/C17H20N4OS/c1-19-17(23-2)21-8-4-7-15(21)14-10-16(22-20-14)13-6-3-5-12(9-13)11-18/h3,5-6,9-10,14-15,20H,4,7-8H2,1-2H3/t14?,15-/m1/s1. The molecule has 0 aliphatic carbocycles. The lowest BCUT2D eigenvalue weighted by atomic mass is 10.0. The number of hydroxylamine groups is 1. The Balaban J connectivity index is 1.80. The summed E-state index contributed by atoms with van der Waals surface area (Å²) in [5.41, 5.74) is 4.70. The Hall–Kier alpha value is -1.97. The third kappa shape index (κ3) is 3.21. The maximum absolute atomic E-state index is 9.03. The van der Waals surface area contributed by atoms with Gasteiger partial charge in [-0.25, -0.2) is 0 Å². The second kappa shape index (κ2) is 7.07. The SMILES string of the molecule is CN=C(SC)N1CCC[C@@H]1C1C=C(c2cccc(C#N)c2)ON1. The number of nitriles is 1. The molecule has 0 aromatic heterocycles. The van der Waals surface area contributed by atoms with Crippen molar-refractivity contribution in [1.82, 2.24) is 10.4 Å². The number of thioether (sulfide) groups is 1. The van der Waals surface area contributed by atoms with Crippen LogP contribution < -0.4 is 5.48 Å². The van der Waals surface area contributed by atoms with E-state index < -0.39 is 0 Å². The van der Waals surface area contributed by atoms with Gasteiger partial charge in [0.15, 0.2) is 10.9 Å². The van der Waals surface area contributed by atoms with E-state index in [0.29, 0.717) is 11.6 Å². The second-order valence-electron chi connectivity index (χ2n) is 5.58. The highest BCUT2D eigenvalue weighted by molar-refractivity contribution is 8.13. The molecule has 1 fully saturated rings. The molecule has 1 aromatic rings. The first-order valence-electron chi connectivity index (χ1n) is 7.69. The van der Waals surface area contributed by atoms with E-state index in [1.165, 1.54) is 0 Å². The lowest BCUT2D eigenvalue weighted by molar-refractivity contribution is 0.136. The molecule has 0 bridgehead atoms. The molecule has 3 rings (SSSR count). The summed E-state index contributed by atoms with van der Waals surface area (Å²) in [6.07, 6.45) is 6.45. The molecule has 1 saturated heterocycles. The fourth-order valence-corrected chi connectivity index (χ4v) is 3.83. The van der Waals surface area contributed by atoms with Crippen LogP contribution in [0.1, 0.15) is 24.0 Å². The van der Waals surface area contributed by atoms with E-state index in [9.17, 15) is 0 Å². The smallest absolute Gasteiger partial charge is 0.158 e. The molecular weight excluding hydrogens is 308 g/mol. The molecule has 0 spiro atoms. The van der Waals surface area contributed by atoms with Crippen molar-refractivity contribution in [3.8, 4) is 6.07 Å². The summed E-state index contributed by atoms with van der Waals surface area (Å²) in [5.74, 6) is 0.790. The number of benzene rings is 1. The lowest BCUT2D eigenvalue weighted by Gasteiger charge is -2.29. The Morgan fingerprint density at radius 3 is 3.13 bits per heavy atom. The summed E-state index contributed by atoms with van der Waals surface area (Å²) in [6.45, 7) is 1.03. The van der Waals surface area contributed by atoms with Crippen molar-refractivity contribution in [3.05, 3.63) is 41.5 Å². The summed E-state index contributed by atoms with van der Waals surface area (Å²) in [6, 6.07) is 10.1. The maximum Gasteiger partial charge on any atom is 0.158 e. The Morgan fingerprint density at radius 1 is 1.52 bits per heavy atom. The average Bonchev–Trinajstić information content (AvgIpc) is 3.25. The van der Waals surface area contributed by atoms with Gasteiger partial charge in [-0.05, 0) is 37.3 Å². The number of rotatable bonds is 2. The number of amidine groups is 1. The van der Waals surface area contributed by atoms with Gasteiger partial charge >= 0.3 is 0 Å². The van der Waals surface area contributed by atoms with Gasteiger partial charge in [-0.15, -0.1) is 5.48 Å². The molecule has 2 atom stereocenters. The number of hydrogen-bond donors (Lipinski definition) is 1. The first-order valence-corrected chi connectivity index (χ1v) is 8.91. The van der Waals surface area contributed by atoms with E-state index in [-0.39, 0.29) is 6.04 Å². The van der Waals surface area contributed by atoms with Crippen molar-refractivity contribution >= 4 is 22.7 Å². The third-order valence-corrected chi connectivity index (χ3v) is 5.03. The van der Waals surface area contributed by atoms with Gasteiger partial charge in [0.2, 0.25) is 0 Å². The summed E-state index contributed by atoms with van der Waals surface area (Å²) < 4.78 is 0. The summed E-state index contributed by atoms with van der Waals surface area (Å²) >= 11 is 1.68. The summed E-state index contributed by atoms with van der Waals surface area (Å²) in [5, 5.41) is 10.1. The molecule has 6 heteroatoms. The predicted octanol–water partition coefficient (Wildman–Crippen LogP) is 2.62. The van der Waals surface area contributed by atoms with Crippen LogP contribution in [-0.2, 0) is 4.84 Å². The molecule has 0 amide bonds. The predicted molar refractivity (Wildman–Crippen MR) is 93.7 cm³/mol. The fraction of sp³-hybridized carbons (Fsp3) is 0.412. The van der Waals surface area contributed by atoms with E-state index >= 15 is 0 Å². The number of likely N-dealkylation sites (tertiary alicyclic amines) is 1. The molecule has 0 radical (unpaired) electrons. The molecule has 1 aromatic carbocycles. The van der Waals surface area contributed by atoms with Gasteiger partial charge in [-0.1, -0.05) is 23.9 Å². The van der Waals surface area contributed by atoms with Gasteiger partial charge in [0.05, 0.1) is 23.7 Å². The van der Waals surface area contributed by atoms with Crippen LogP contribution in [-0.4, -0.2) is 42.0 Å². The molecule has 120 valence electrons. The number of nitrogens with zero attached hydrogens (tertiary/aromatic N) is 3. The Kier molecular flexibility index (Phi) is 4.89. The monoisotopic (exact) mass is 328 g/mol. The van der Waals surface area contributed by atoms with Gasteiger partial charge in [0.1, 0.15) is 0 Å². The summed E-state index contributed by atoms with van der Waals surface area (Å²) in [4.78, 5) is 12.4. The third-order valence-electron chi connectivity index (χ3n) is 4.25. The molecule has 23 heavy (non-hydrogen) atoms. The van der Waals surface area contributed by atoms with Gasteiger partial charge in [-0.3, -0.25) is 4.99 Å². The van der Waals surface area contributed by atoms with Crippen molar-refractivity contribution < 1.29 is 4.84 Å². The van der Waals surface area contributed by atoms with Crippen LogP contribution in [0.5, 0.6) is 0 Å². The van der Waals surface area contributed by atoms with Crippen LogP contribution in [0.4, 0.5) is 0 Å². The van der Waals surface area contributed by atoms with E-state index in [1.807, 2.05) is 25.2 Å². The van der Waals surface area contributed by atoms with Gasteiger partial charge in [0.25, 0.3) is 0 Å². The normalized spacial score (nSPS) is 24.3. The topological polar surface area (TPSA) is 60.7 Å². The molecule has 2 aliphatic heterocycles. The quantitative estimate of drug-likeness (QED) is 0.668. The highest BCUT2D eigenvalue weighted by Crippen LogP contribution is 2.29. The average molecular weight is 328 g/mol. The molecule has 2 aliphatic rings. The first kappa shape index (κ1) is 15.9. The van der Waals surface area contributed by atoms with Gasteiger partial charge in [0, 0.05) is 19.2 Å². The molecule has 1 N–H and O–H groups in total. The Morgan fingerprint density at radius 2 is 2.39 bits per heavy atom. The summed E-state index contributed by atoms with van der Waals surface area (Å²) in [7, 11) is 1.84. The van der Waals surface area contributed by atoms with Crippen molar-refractivity contribution in [3.63, 3.8) is 0 Å². The Bertz CT molecular complexity index is 679. The Labute approximate surface area is 141 Å². The van der Waals surface area contributed by atoms with Crippen LogP contribution in [0.25, 0.3) is 5.76 Å². The van der Waals surface area contributed by atoms with Crippen LogP contribution in [0.15, 0.2) is 35.3 Å². The minimum Gasteiger partial charge on any atom is -0.408 e. The van der Waals surface area contributed by atoms with Crippen molar-refractivity contribution in [2.24, 2.45) is 4.99 Å². The van der Waals surface area contributed by atoms with Gasteiger partial charge < -0.3 is 9.74 Å². The highest BCUT2D eigenvalue weighted by Gasteiger charge is 2.35.